The van der Waals surface area contributed by atoms with Gasteiger partial charge in [-0.15, -0.1) is 0 Å². The van der Waals surface area contributed by atoms with Crippen molar-refractivity contribution in [3.8, 4) is 5.75 Å². The topological polar surface area (TPSA) is 82.6 Å². The molecule has 3 fully saturated rings. The smallest absolute Gasteiger partial charge is 0.319 e. The summed E-state index contributed by atoms with van der Waals surface area (Å²) in [5, 5.41) is 21.4. The zero-order chi connectivity index (χ0) is 18.2. The van der Waals surface area contributed by atoms with Crippen LogP contribution >= 0.6 is 0 Å². The Hall–Kier alpha value is -2.05. The van der Waals surface area contributed by atoms with E-state index in [2.05, 4.69) is 34.7 Å². The number of hydrogen-bond acceptors (Lipinski definition) is 4. The summed E-state index contributed by atoms with van der Waals surface area (Å²) in [7, 11) is 1.67. The van der Waals surface area contributed by atoms with Gasteiger partial charge < -0.3 is 25.8 Å². The number of benzene rings is 1. The van der Waals surface area contributed by atoms with Crippen molar-refractivity contribution in [2.45, 2.75) is 54.7 Å². The number of ether oxygens (including phenoxy) is 1. The Labute approximate surface area is 153 Å². The molecule has 0 radical (unpaired) electrons. The first-order valence-corrected chi connectivity index (χ1v) is 9.34. The molecule has 5 rings (SSSR count). The summed E-state index contributed by atoms with van der Waals surface area (Å²) < 4.78 is 5.49. The van der Waals surface area contributed by atoms with Gasteiger partial charge in [0.1, 0.15) is 5.75 Å². The van der Waals surface area contributed by atoms with Crippen LogP contribution in [0.25, 0.3) is 0 Å². The largest absolute Gasteiger partial charge is 0.497 e. The molecule has 2 aliphatic heterocycles. The van der Waals surface area contributed by atoms with Gasteiger partial charge in [0, 0.05) is 17.2 Å². The molecule has 1 saturated carbocycles. The molecule has 0 aromatic heterocycles. The van der Waals surface area contributed by atoms with E-state index in [0.29, 0.717) is 19.3 Å². The fourth-order valence-corrected chi connectivity index (χ4v) is 6.02. The van der Waals surface area contributed by atoms with Crippen LogP contribution in [0, 0.1) is 0 Å². The van der Waals surface area contributed by atoms with Crippen molar-refractivity contribution in [2.24, 2.45) is 0 Å². The molecule has 2 bridgehead atoms. The number of amides is 2. The van der Waals surface area contributed by atoms with E-state index in [0.717, 1.165) is 30.8 Å². The minimum atomic E-state index is -0.830. The number of nitrogens with one attached hydrogen (secondary N) is 3. The third-order valence-electron chi connectivity index (χ3n) is 7.34. The Morgan fingerprint density at radius 2 is 2.15 bits per heavy atom. The zero-order valence-corrected chi connectivity index (χ0v) is 15.0. The second kappa shape index (κ2) is 5.02. The molecular formula is C20H25N3O3. The maximum absolute atomic E-state index is 12.0. The van der Waals surface area contributed by atoms with Gasteiger partial charge >= 0.3 is 6.03 Å². The zero-order valence-electron chi connectivity index (χ0n) is 15.0. The number of aliphatic hydroxyl groups is 1. The van der Waals surface area contributed by atoms with E-state index in [1.807, 2.05) is 6.07 Å². The van der Waals surface area contributed by atoms with Gasteiger partial charge in [-0.2, -0.15) is 0 Å². The molecule has 4 aliphatic rings. The number of piperidine rings is 1. The number of rotatable bonds is 1. The van der Waals surface area contributed by atoms with E-state index in [-0.39, 0.29) is 12.1 Å². The lowest BCUT2D eigenvalue weighted by molar-refractivity contribution is -0.136. The summed E-state index contributed by atoms with van der Waals surface area (Å²) in [4.78, 5) is 12.0. The van der Waals surface area contributed by atoms with Gasteiger partial charge in [-0.1, -0.05) is 12.6 Å². The highest BCUT2D eigenvalue weighted by atomic mass is 16.5. The minimum absolute atomic E-state index is 0.0350. The van der Waals surface area contributed by atoms with Crippen LogP contribution < -0.4 is 20.7 Å². The highest BCUT2D eigenvalue weighted by molar-refractivity contribution is 5.81. The number of carbonyl (C=O) groups is 1. The first-order valence-electron chi connectivity index (χ1n) is 9.34. The molecule has 1 spiro atoms. The number of carbonyl (C=O) groups excluding carboxylic acids is 1. The Morgan fingerprint density at radius 1 is 1.31 bits per heavy atom. The number of urea groups is 1. The molecular weight excluding hydrogens is 330 g/mol. The molecule has 1 aromatic rings. The Balaban J connectivity index is 1.70. The van der Waals surface area contributed by atoms with Gasteiger partial charge in [0.25, 0.3) is 0 Å². The lowest BCUT2D eigenvalue weighted by Gasteiger charge is -2.64. The molecule has 2 heterocycles. The van der Waals surface area contributed by atoms with Crippen molar-refractivity contribution in [3.05, 3.63) is 41.6 Å². The van der Waals surface area contributed by atoms with Gasteiger partial charge in [0.05, 0.1) is 18.2 Å². The lowest BCUT2D eigenvalue weighted by Crippen LogP contribution is -2.75. The van der Waals surface area contributed by atoms with Gasteiger partial charge in [-0.25, -0.2) is 4.79 Å². The van der Waals surface area contributed by atoms with Gasteiger partial charge in [-0.3, -0.25) is 0 Å². The standard InChI is InChI=1S/C20H25N3O3/c1-12-19(23-17(24)22-12)5-6-20(25)16-9-13-3-4-14(26-2)10-15(13)18(20,11-19)7-8-21-16/h3-4,10,16,21,25H,1,5-9,11H2,2H3,(H2,22,23,24)/t16-,18-,19+,20-/m1/s1. The second-order valence-corrected chi connectivity index (χ2v) is 8.31. The first-order chi connectivity index (χ1) is 12.4. The van der Waals surface area contributed by atoms with Crippen LogP contribution in [0.4, 0.5) is 4.79 Å². The van der Waals surface area contributed by atoms with Crippen LogP contribution in [0.3, 0.4) is 0 Å². The summed E-state index contributed by atoms with van der Waals surface area (Å²) in [5.41, 5.74) is 1.40. The third-order valence-corrected chi connectivity index (χ3v) is 7.34. The third kappa shape index (κ3) is 1.81. The molecule has 4 atom stereocenters. The van der Waals surface area contributed by atoms with Gasteiger partial charge in [-0.05, 0) is 61.9 Å². The molecule has 4 N–H and O–H groups in total. The average molecular weight is 355 g/mol. The fraction of sp³-hybridized carbons (Fsp3) is 0.550. The average Bonchev–Trinajstić information content (AvgIpc) is 2.88. The maximum atomic E-state index is 12.0. The number of fused-ring (bicyclic) bond motifs is 1. The van der Waals surface area contributed by atoms with E-state index in [9.17, 15) is 9.90 Å². The van der Waals surface area contributed by atoms with E-state index >= 15 is 0 Å². The Kier molecular flexibility index (Phi) is 3.12. The minimum Gasteiger partial charge on any atom is -0.497 e. The van der Waals surface area contributed by atoms with E-state index in [1.165, 1.54) is 11.1 Å². The highest BCUT2D eigenvalue weighted by Gasteiger charge is 2.67. The fourth-order valence-electron chi connectivity index (χ4n) is 6.02. The number of methoxy groups -OCH3 is 1. The van der Waals surface area contributed by atoms with Gasteiger partial charge in [0.2, 0.25) is 0 Å². The van der Waals surface area contributed by atoms with Crippen molar-refractivity contribution in [1.82, 2.24) is 16.0 Å². The quantitative estimate of drug-likeness (QED) is 0.613. The molecule has 0 unspecified atom stereocenters. The van der Waals surface area contributed by atoms with Crippen molar-refractivity contribution < 1.29 is 14.6 Å². The van der Waals surface area contributed by atoms with Crippen molar-refractivity contribution in [2.75, 3.05) is 13.7 Å². The van der Waals surface area contributed by atoms with Gasteiger partial charge in [0.15, 0.2) is 0 Å². The summed E-state index contributed by atoms with van der Waals surface area (Å²) in [6, 6.07) is 6.05. The molecule has 138 valence electrons. The van der Waals surface area contributed by atoms with Crippen LogP contribution in [0.5, 0.6) is 5.75 Å². The summed E-state index contributed by atoms with van der Waals surface area (Å²) in [5.74, 6) is 0.810. The lowest BCUT2D eigenvalue weighted by atomic mass is 9.47. The monoisotopic (exact) mass is 355 g/mol. The van der Waals surface area contributed by atoms with Crippen LogP contribution in [-0.4, -0.2) is 42.0 Å². The molecule has 6 nitrogen and oxygen atoms in total. The summed E-state index contributed by atoms with van der Waals surface area (Å²) in [6.45, 7) is 4.97. The van der Waals surface area contributed by atoms with Crippen molar-refractivity contribution in [3.63, 3.8) is 0 Å². The van der Waals surface area contributed by atoms with E-state index < -0.39 is 16.6 Å². The number of hydrogen-bond donors (Lipinski definition) is 4. The molecule has 1 aromatic carbocycles. The summed E-state index contributed by atoms with van der Waals surface area (Å²) in [6.07, 6.45) is 3.62. The van der Waals surface area contributed by atoms with E-state index in [4.69, 9.17) is 4.74 Å². The molecule has 2 aliphatic carbocycles. The van der Waals surface area contributed by atoms with Crippen molar-refractivity contribution in [1.29, 1.82) is 0 Å². The van der Waals surface area contributed by atoms with E-state index in [1.54, 1.807) is 7.11 Å². The highest BCUT2D eigenvalue weighted by Crippen LogP contribution is 2.60. The molecule has 2 saturated heterocycles. The predicted octanol–water partition coefficient (Wildman–Crippen LogP) is 1.33. The Morgan fingerprint density at radius 3 is 2.88 bits per heavy atom. The van der Waals surface area contributed by atoms with Crippen molar-refractivity contribution >= 4 is 6.03 Å². The van der Waals surface area contributed by atoms with Crippen LogP contribution in [0.1, 0.15) is 36.8 Å². The first kappa shape index (κ1) is 16.1. The second-order valence-electron chi connectivity index (χ2n) is 8.31. The maximum Gasteiger partial charge on any atom is 0.319 e. The Bertz CT molecular complexity index is 825. The SMILES string of the molecule is C=C1NC(=O)N[C@]12CC[C@@]1(O)[C@H]3Cc4ccc(OC)cc4[C@@]1(CCN3)C2. The summed E-state index contributed by atoms with van der Waals surface area (Å²) >= 11 is 0. The molecule has 26 heavy (non-hydrogen) atoms. The molecule has 6 heteroatoms. The van der Waals surface area contributed by atoms with Crippen LogP contribution in [-0.2, 0) is 11.8 Å². The van der Waals surface area contributed by atoms with Crippen LogP contribution in [0.2, 0.25) is 0 Å². The normalized spacial score (nSPS) is 40.5. The molecule has 2 amide bonds. The predicted molar refractivity (Wildman–Crippen MR) is 97.1 cm³/mol. The van der Waals surface area contributed by atoms with Crippen LogP contribution in [0.15, 0.2) is 30.5 Å².